The molecule has 1 unspecified atom stereocenters. The summed E-state index contributed by atoms with van der Waals surface area (Å²) in [5, 5.41) is 1.04. The van der Waals surface area contributed by atoms with E-state index in [1.807, 2.05) is 18.2 Å². The van der Waals surface area contributed by atoms with E-state index < -0.39 is 0 Å². The molecule has 0 aliphatic rings. The molecule has 0 aliphatic heterocycles. The highest BCUT2D eigenvalue weighted by atomic mass is 32.1. The summed E-state index contributed by atoms with van der Waals surface area (Å²) in [6, 6.07) is 10.3. The summed E-state index contributed by atoms with van der Waals surface area (Å²) in [5.41, 5.74) is 8.39. The van der Waals surface area contributed by atoms with Gasteiger partial charge in [-0.2, -0.15) is 0 Å². The Balaban J connectivity index is 2.38. The van der Waals surface area contributed by atoms with Crippen LogP contribution in [0.2, 0.25) is 0 Å². The van der Waals surface area contributed by atoms with E-state index in [2.05, 4.69) is 32.9 Å². The van der Waals surface area contributed by atoms with Crippen molar-refractivity contribution < 1.29 is 0 Å². The van der Waals surface area contributed by atoms with Gasteiger partial charge in [0.1, 0.15) is 5.01 Å². The molecule has 2 N–H and O–H groups in total. The number of rotatable bonds is 3. The first-order valence-electron chi connectivity index (χ1n) is 5.88. The first-order valence-corrected chi connectivity index (χ1v) is 6.69. The fourth-order valence-corrected chi connectivity index (χ4v) is 2.83. The smallest absolute Gasteiger partial charge is 0.111 e. The zero-order valence-corrected chi connectivity index (χ0v) is 11.3. The summed E-state index contributed by atoms with van der Waals surface area (Å²) < 4.78 is 0. The normalized spacial score (nSPS) is 13.0. The molecule has 1 heterocycles. The molecule has 0 bridgehead atoms. The maximum Gasteiger partial charge on any atom is 0.111 e. The van der Waals surface area contributed by atoms with Crippen molar-refractivity contribution >= 4 is 11.3 Å². The predicted octanol–water partition coefficient (Wildman–Crippen LogP) is 3.77. The SMILES string of the molecule is Cc1sc(C(N)C(C)C)nc1-c1ccccc1. The Morgan fingerprint density at radius 1 is 1.18 bits per heavy atom. The lowest BCUT2D eigenvalue weighted by Crippen LogP contribution is -2.16. The monoisotopic (exact) mass is 246 g/mol. The maximum atomic E-state index is 6.15. The third-order valence-electron chi connectivity index (χ3n) is 2.86. The van der Waals surface area contributed by atoms with Gasteiger partial charge in [-0.3, -0.25) is 0 Å². The number of aromatic nitrogens is 1. The lowest BCUT2D eigenvalue weighted by Gasteiger charge is -2.11. The number of hydrogen-bond donors (Lipinski definition) is 1. The average molecular weight is 246 g/mol. The van der Waals surface area contributed by atoms with Crippen molar-refractivity contribution in [2.75, 3.05) is 0 Å². The average Bonchev–Trinajstić information content (AvgIpc) is 2.71. The Kier molecular flexibility index (Phi) is 3.60. The second-order valence-corrected chi connectivity index (χ2v) is 5.83. The number of aryl methyl sites for hydroxylation is 1. The van der Waals surface area contributed by atoms with Crippen LogP contribution in [-0.2, 0) is 0 Å². The second kappa shape index (κ2) is 4.98. The summed E-state index contributed by atoms with van der Waals surface area (Å²) in [6.45, 7) is 6.36. The largest absolute Gasteiger partial charge is 0.322 e. The van der Waals surface area contributed by atoms with Crippen LogP contribution in [0.1, 0.15) is 29.8 Å². The lowest BCUT2D eigenvalue weighted by atomic mass is 10.1. The topological polar surface area (TPSA) is 38.9 Å². The van der Waals surface area contributed by atoms with Gasteiger partial charge in [-0.25, -0.2) is 4.98 Å². The van der Waals surface area contributed by atoms with E-state index in [0.717, 1.165) is 10.7 Å². The van der Waals surface area contributed by atoms with Crippen LogP contribution >= 0.6 is 11.3 Å². The van der Waals surface area contributed by atoms with Crippen LogP contribution in [0.25, 0.3) is 11.3 Å². The van der Waals surface area contributed by atoms with E-state index in [-0.39, 0.29) is 6.04 Å². The summed E-state index contributed by atoms with van der Waals surface area (Å²) in [4.78, 5) is 5.93. The van der Waals surface area contributed by atoms with E-state index in [4.69, 9.17) is 10.7 Å². The van der Waals surface area contributed by atoms with E-state index in [1.54, 1.807) is 11.3 Å². The van der Waals surface area contributed by atoms with Crippen LogP contribution in [0, 0.1) is 12.8 Å². The molecule has 0 amide bonds. The summed E-state index contributed by atoms with van der Waals surface area (Å²) in [5.74, 6) is 0.421. The lowest BCUT2D eigenvalue weighted by molar-refractivity contribution is 0.512. The summed E-state index contributed by atoms with van der Waals surface area (Å²) >= 11 is 1.71. The highest BCUT2D eigenvalue weighted by Gasteiger charge is 2.17. The molecule has 1 aromatic heterocycles. The van der Waals surface area contributed by atoms with Gasteiger partial charge in [-0.15, -0.1) is 11.3 Å². The van der Waals surface area contributed by atoms with Crippen LogP contribution in [0.4, 0.5) is 0 Å². The molecule has 2 nitrogen and oxygen atoms in total. The van der Waals surface area contributed by atoms with Gasteiger partial charge >= 0.3 is 0 Å². The number of nitrogens with two attached hydrogens (primary N) is 1. The minimum absolute atomic E-state index is 0.0381. The zero-order valence-electron chi connectivity index (χ0n) is 10.5. The molecule has 0 radical (unpaired) electrons. The van der Waals surface area contributed by atoms with Crippen LogP contribution in [0.15, 0.2) is 30.3 Å². The highest BCUT2D eigenvalue weighted by molar-refractivity contribution is 7.12. The predicted molar refractivity (Wildman–Crippen MR) is 74.1 cm³/mol. The standard InChI is InChI=1S/C14H18N2S/c1-9(2)12(15)14-16-13(10(3)17-14)11-7-5-4-6-8-11/h4-9,12H,15H2,1-3H3. The molecule has 17 heavy (non-hydrogen) atoms. The van der Waals surface area contributed by atoms with Crippen LogP contribution in [0.5, 0.6) is 0 Å². The third kappa shape index (κ3) is 2.56. The molecule has 0 saturated carbocycles. The van der Waals surface area contributed by atoms with Gasteiger partial charge in [0, 0.05) is 10.4 Å². The number of nitrogens with zero attached hydrogens (tertiary/aromatic N) is 1. The fourth-order valence-electron chi connectivity index (χ4n) is 1.71. The Hall–Kier alpha value is -1.19. The minimum atomic E-state index is 0.0381. The Bertz CT molecular complexity index is 488. The van der Waals surface area contributed by atoms with Crippen LogP contribution in [0.3, 0.4) is 0 Å². The molecule has 1 atom stereocenters. The van der Waals surface area contributed by atoms with Crippen molar-refractivity contribution in [3.05, 3.63) is 40.2 Å². The van der Waals surface area contributed by atoms with Crippen molar-refractivity contribution in [3.8, 4) is 11.3 Å². The molecule has 90 valence electrons. The molecule has 0 aliphatic carbocycles. The molecule has 0 fully saturated rings. The first-order chi connectivity index (χ1) is 8.09. The van der Waals surface area contributed by atoms with Gasteiger partial charge in [-0.05, 0) is 12.8 Å². The van der Waals surface area contributed by atoms with Crippen LogP contribution < -0.4 is 5.73 Å². The Morgan fingerprint density at radius 2 is 1.82 bits per heavy atom. The third-order valence-corrected chi connectivity index (χ3v) is 3.94. The van der Waals surface area contributed by atoms with Gasteiger partial charge < -0.3 is 5.73 Å². The molecule has 0 spiro atoms. The molecular formula is C14H18N2S. The molecule has 3 heteroatoms. The Labute approximate surface area is 107 Å². The first kappa shape index (κ1) is 12.3. The van der Waals surface area contributed by atoms with E-state index in [9.17, 15) is 0 Å². The quantitative estimate of drug-likeness (QED) is 0.895. The van der Waals surface area contributed by atoms with Gasteiger partial charge in [0.05, 0.1) is 11.7 Å². The van der Waals surface area contributed by atoms with E-state index in [0.29, 0.717) is 5.92 Å². The van der Waals surface area contributed by atoms with Gasteiger partial charge in [0.15, 0.2) is 0 Å². The summed E-state index contributed by atoms with van der Waals surface area (Å²) in [7, 11) is 0. The molecule has 0 saturated heterocycles. The van der Waals surface area contributed by atoms with Crippen molar-refractivity contribution in [2.45, 2.75) is 26.8 Å². The van der Waals surface area contributed by atoms with Gasteiger partial charge in [0.25, 0.3) is 0 Å². The highest BCUT2D eigenvalue weighted by Crippen LogP contribution is 2.31. The molecule has 2 aromatic rings. The van der Waals surface area contributed by atoms with Crippen LogP contribution in [-0.4, -0.2) is 4.98 Å². The van der Waals surface area contributed by atoms with Crippen molar-refractivity contribution in [1.82, 2.24) is 4.98 Å². The van der Waals surface area contributed by atoms with Crippen molar-refractivity contribution in [3.63, 3.8) is 0 Å². The molecule has 2 rings (SSSR count). The number of thiazole rings is 1. The van der Waals surface area contributed by atoms with Crippen molar-refractivity contribution in [2.24, 2.45) is 11.7 Å². The number of benzene rings is 1. The fraction of sp³-hybridized carbons (Fsp3) is 0.357. The van der Waals surface area contributed by atoms with Gasteiger partial charge in [-0.1, -0.05) is 44.2 Å². The Morgan fingerprint density at radius 3 is 2.41 bits per heavy atom. The van der Waals surface area contributed by atoms with Crippen molar-refractivity contribution in [1.29, 1.82) is 0 Å². The maximum absolute atomic E-state index is 6.15. The number of hydrogen-bond acceptors (Lipinski definition) is 3. The second-order valence-electron chi connectivity index (χ2n) is 4.59. The summed E-state index contributed by atoms with van der Waals surface area (Å²) in [6.07, 6.45) is 0. The van der Waals surface area contributed by atoms with E-state index >= 15 is 0 Å². The molecular weight excluding hydrogens is 228 g/mol. The molecule has 1 aromatic carbocycles. The minimum Gasteiger partial charge on any atom is -0.322 e. The zero-order chi connectivity index (χ0) is 12.4. The van der Waals surface area contributed by atoms with Gasteiger partial charge in [0.2, 0.25) is 0 Å². The van der Waals surface area contributed by atoms with E-state index in [1.165, 1.54) is 10.4 Å².